The zero-order chi connectivity index (χ0) is 30.0. The van der Waals surface area contributed by atoms with E-state index >= 15 is 0 Å². The molecule has 4 heterocycles. The molecule has 0 radical (unpaired) electrons. The highest BCUT2D eigenvalue weighted by Gasteiger charge is 2.48. The van der Waals surface area contributed by atoms with Gasteiger partial charge in [0.05, 0.1) is 19.0 Å². The fourth-order valence-electron chi connectivity index (χ4n) is 4.49. The second kappa shape index (κ2) is 14.7. The number of ether oxygens (including phenoxy) is 2. The van der Waals surface area contributed by atoms with Crippen molar-refractivity contribution in [2.75, 3.05) is 62.5 Å². The number of amides is 3. The minimum Gasteiger partial charge on any atom is -0.477 e. The summed E-state index contributed by atoms with van der Waals surface area (Å²) in [4.78, 5) is 46.2. The van der Waals surface area contributed by atoms with Gasteiger partial charge in [-0.05, 0) is 39.4 Å². The van der Waals surface area contributed by atoms with E-state index in [2.05, 4.69) is 35.5 Å². The summed E-state index contributed by atoms with van der Waals surface area (Å²) in [5, 5.41) is 5.04. The summed E-state index contributed by atoms with van der Waals surface area (Å²) in [5.74, 6) is -2.45. The maximum Gasteiger partial charge on any atom is 0.412 e. The molecule has 0 bridgehead atoms. The molecule has 2 fully saturated rings. The van der Waals surface area contributed by atoms with Gasteiger partial charge in [0.1, 0.15) is 18.5 Å². The molecule has 4 rings (SSSR count). The second-order valence-corrected chi connectivity index (χ2v) is 9.43. The van der Waals surface area contributed by atoms with Gasteiger partial charge in [0.2, 0.25) is 11.8 Å². The van der Waals surface area contributed by atoms with Crippen LogP contribution in [0.3, 0.4) is 0 Å². The number of halogens is 2. The van der Waals surface area contributed by atoms with Gasteiger partial charge in [-0.1, -0.05) is 13.8 Å². The molecule has 0 aliphatic carbocycles. The molecule has 2 aromatic heterocycles. The SMILES string of the molecule is CC.CCOc1cnc(NC(=O)N(C)C2CN(c3nccc(NC(=O)OCC4CCCN4C)n3)CCC2(F)F)cn1. The van der Waals surface area contributed by atoms with Crippen molar-refractivity contribution in [3.63, 3.8) is 0 Å². The van der Waals surface area contributed by atoms with Gasteiger partial charge in [0, 0.05) is 38.8 Å². The first-order valence-electron chi connectivity index (χ1n) is 13.7. The fourth-order valence-corrected chi connectivity index (χ4v) is 4.49. The summed E-state index contributed by atoms with van der Waals surface area (Å²) in [6, 6.07) is -0.582. The number of carbonyl (C=O) groups is 2. The number of anilines is 3. The Morgan fingerprint density at radius 3 is 2.59 bits per heavy atom. The van der Waals surface area contributed by atoms with Crippen LogP contribution < -0.4 is 20.3 Å². The number of aromatic nitrogens is 4. The van der Waals surface area contributed by atoms with Crippen molar-refractivity contribution in [3.8, 4) is 5.88 Å². The lowest BCUT2D eigenvalue weighted by Gasteiger charge is -2.42. The topological polar surface area (TPSA) is 138 Å². The minimum absolute atomic E-state index is 0.0365. The molecule has 2 atom stereocenters. The molecule has 15 heteroatoms. The lowest BCUT2D eigenvalue weighted by molar-refractivity contribution is -0.0760. The van der Waals surface area contributed by atoms with Crippen molar-refractivity contribution < 1.29 is 27.8 Å². The predicted molar refractivity (Wildman–Crippen MR) is 150 cm³/mol. The third-order valence-corrected chi connectivity index (χ3v) is 6.77. The van der Waals surface area contributed by atoms with Crippen molar-refractivity contribution in [3.05, 3.63) is 24.7 Å². The molecule has 2 aliphatic rings. The van der Waals surface area contributed by atoms with Crippen LogP contribution in [0, 0.1) is 0 Å². The van der Waals surface area contributed by atoms with Crippen LogP contribution in [0.5, 0.6) is 5.88 Å². The van der Waals surface area contributed by atoms with Crippen LogP contribution >= 0.6 is 0 Å². The molecule has 2 N–H and O–H groups in total. The Balaban J connectivity index is 0.00000226. The van der Waals surface area contributed by atoms with Gasteiger partial charge in [-0.15, -0.1) is 0 Å². The van der Waals surface area contributed by atoms with Crippen LogP contribution in [0.25, 0.3) is 0 Å². The van der Waals surface area contributed by atoms with Gasteiger partial charge in [-0.2, -0.15) is 4.98 Å². The number of rotatable bonds is 8. The first kappa shape index (κ1) is 31.6. The number of hydrogen-bond acceptors (Lipinski definition) is 10. The van der Waals surface area contributed by atoms with Crippen LogP contribution in [0.15, 0.2) is 24.7 Å². The fraction of sp³-hybridized carbons (Fsp3) is 0.615. The Morgan fingerprint density at radius 2 is 1.93 bits per heavy atom. The first-order chi connectivity index (χ1) is 19.7. The number of piperidine rings is 1. The number of likely N-dealkylation sites (N-methyl/N-ethyl adjacent to an activating group) is 2. The number of urea groups is 1. The van der Waals surface area contributed by atoms with E-state index in [9.17, 15) is 18.4 Å². The monoisotopic (exact) mass is 579 g/mol. The third-order valence-electron chi connectivity index (χ3n) is 6.77. The molecular weight excluding hydrogens is 540 g/mol. The van der Waals surface area contributed by atoms with E-state index in [4.69, 9.17) is 9.47 Å². The maximum atomic E-state index is 14.9. The van der Waals surface area contributed by atoms with Crippen LogP contribution in [0.2, 0.25) is 0 Å². The van der Waals surface area contributed by atoms with Crippen molar-refractivity contribution in [2.45, 2.75) is 58.0 Å². The van der Waals surface area contributed by atoms with E-state index in [0.29, 0.717) is 6.61 Å². The molecule has 0 spiro atoms. The normalized spacial score (nSPS) is 19.9. The Kier molecular flexibility index (Phi) is 11.3. The average Bonchev–Trinajstić information content (AvgIpc) is 3.38. The Hall–Kier alpha value is -3.88. The molecule has 0 aromatic carbocycles. The molecule has 0 saturated carbocycles. The molecule has 13 nitrogen and oxygen atoms in total. The molecular formula is C26H39F2N9O4. The Bertz CT molecular complexity index is 1140. The predicted octanol–water partition coefficient (Wildman–Crippen LogP) is 3.71. The average molecular weight is 580 g/mol. The molecule has 2 aliphatic heterocycles. The Morgan fingerprint density at radius 1 is 1.15 bits per heavy atom. The summed E-state index contributed by atoms with van der Waals surface area (Å²) in [5.41, 5.74) is 0. The smallest absolute Gasteiger partial charge is 0.412 e. The van der Waals surface area contributed by atoms with E-state index in [0.717, 1.165) is 24.3 Å². The highest BCUT2D eigenvalue weighted by molar-refractivity contribution is 5.88. The molecule has 2 unspecified atom stereocenters. The highest BCUT2D eigenvalue weighted by atomic mass is 19.3. The zero-order valence-corrected chi connectivity index (χ0v) is 24.1. The van der Waals surface area contributed by atoms with Gasteiger partial charge in [0.15, 0.2) is 5.82 Å². The summed E-state index contributed by atoms with van der Waals surface area (Å²) < 4.78 is 40.4. The quantitative estimate of drug-likeness (QED) is 0.476. The van der Waals surface area contributed by atoms with Gasteiger partial charge >= 0.3 is 12.1 Å². The zero-order valence-electron chi connectivity index (χ0n) is 24.1. The number of alkyl halides is 2. The van der Waals surface area contributed by atoms with Gasteiger partial charge in [-0.3, -0.25) is 10.6 Å². The van der Waals surface area contributed by atoms with E-state index < -0.39 is 30.5 Å². The van der Waals surface area contributed by atoms with E-state index in [-0.39, 0.29) is 49.2 Å². The molecule has 41 heavy (non-hydrogen) atoms. The van der Waals surface area contributed by atoms with Crippen LogP contribution in [0.4, 0.5) is 36.0 Å². The van der Waals surface area contributed by atoms with Gasteiger partial charge < -0.3 is 24.2 Å². The van der Waals surface area contributed by atoms with Crippen LogP contribution in [-0.2, 0) is 4.74 Å². The van der Waals surface area contributed by atoms with Crippen molar-refractivity contribution >= 4 is 29.7 Å². The van der Waals surface area contributed by atoms with E-state index in [1.807, 2.05) is 20.9 Å². The number of hydrogen-bond donors (Lipinski definition) is 2. The Labute approximate surface area is 238 Å². The van der Waals surface area contributed by atoms with Crippen LogP contribution in [-0.4, -0.2) is 107 Å². The summed E-state index contributed by atoms with van der Waals surface area (Å²) in [7, 11) is 3.27. The highest BCUT2D eigenvalue weighted by Crippen LogP contribution is 2.33. The van der Waals surface area contributed by atoms with Crippen molar-refractivity contribution in [1.82, 2.24) is 29.7 Å². The van der Waals surface area contributed by atoms with Gasteiger partial charge in [-0.25, -0.2) is 33.3 Å². The molecule has 226 valence electrons. The molecule has 2 saturated heterocycles. The summed E-state index contributed by atoms with van der Waals surface area (Å²) in [6.07, 6.45) is 4.88. The number of carbonyl (C=O) groups excluding carboxylic acids is 2. The second-order valence-electron chi connectivity index (χ2n) is 9.43. The minimum atomic E-state index is -3.15. The number of nitrogens with zero attached hydrogens (tertiary/aromatic N) is 7. The summed E-state index contributed by atoms with van der Waals surface area (Å²) in [6.45, 7) is 7.16. The van der Waals surface area contributed by atoms with Crippen molar-refractivity contribution in [1.29, 1.82) is 0 Å². The molecule has 3 amide bonds. The van der Waals surface area contributed by atoms with E-state index in [1.165, 1.54) is 31.7 Å². The van der Waals surface area contributed by atoms with Crippen LogP contribution in [0.1, 0.15) is 40.0 Å². The third kappa shape index (κ3) is 8.55. The lowest BCUT2D eigenvalue weighted by atomic mass is 10.00. The van der Waals surface area contributed by atoms with Gasteiger partial charge in [0.25, 0.3) is 5.92 Å². The molecule has 2 aromatic rings. The first-order valence-corrected chi connectivity index (χ1v) is 13.7. The number of likely N-dealkylation sites (tertiary alicyclic amines) is 1. The lowest BCUT2D eigenvalue weighted by Crippen LogP contribution is -2.60. The summed E-state index contributed by atoms with van der Waals surface area (Å²) >= 11 is 0. The van der Waals surface area contributed by atoms with Crippen molar-refractivity contribution in [2.24, 2.45) is 0 Å². The largest absolute Gasteiger partial charge is 0.477 e. The number of nitrogens with one attached hydrogen (secondary N) is 2. The standard InChI is InChI=1S/C24H33F2N9O4.C2H6/c1-4-38-20-13-28-19(12-29-20)31-22(36)34(3)17-14-35(11-8-24(17,25)26)21-27-9-7-18(30-21)32-23(37)39-15-16-6-5-10-33(16)2;1-2/h7,9,12-13,16-17H,4-6,8,10-11,14-15H2,1-3H3,(H,28,31,36)(H,27,30,32,37);1-2H3. The maximum absolute atomic E-state index is 14.9. The van der Waals surface area contributed by atoms with E-state index in [1.54, 1.807) is 11.8 Å².